The van der Waals surface area contributed by atoms with Gasteiger partial charge in [-0.2, -0.15) is 0 Å². The molecule has 0 aliphatic rings. The summed E-state index contributed by atoms with van der Waals surface area (Å²) in [6.07, 6.45) is 69.3. The van der Waals surface area contributed by atoms with Gasteiger partial charge in [0.05, 0.1) is 33.8 Å². The summed E-state index contributed by atoms with van der Waals surface area (Å²) in [6, 6.07) is -0.943. The van der Waals surface area contributed by atoms with E-state index in [1.54, 1.807) is 6.08 Å². The molecule has 0 aromatic rings. The second-order valence-electron chi connectivity index (χ2n) is 20.1. The minimum Gasteiger partial charge on any atom is -0.756 e. The van der Waals surface area contributed by atoms with Crippen LogP contribution >= 0.6 is 7.82 Å². The number of amides is 1. The maximum atomic E-state index is 13.4. The van der Waals surface area contributed by atoms with E-state index in [4.69, 9.17) is 13.8 Å². The highest BCUT2D eigenvalue weighted by molar-refractivity contribution is 7.45. The Hall–Kier alpha value is -3.33. The number of ether oxygens (including phenoxy) is 1. The molecular formula is C62H107N2O7P. The number of hydrogen-bond acceptors (Lipinski definition) is 7. The van der Waals surface area contributed by atoms with Crippen molar-refractivity contribution in [2.24, 2.45) is 0 Å². The number of carbonyl (C=O) groups is 2. The first kappa shape index (κ1) is 68.7. The van der Waals surface area contributed by atoms with E-state index < -0.39 is 26.6 Å². The van der Waals surface area contributed by atoms with E-state index in [0.29, 0.717) is 23.9 Å². The van der Waals surface area contributed by atoms with Crippen molar-refractivity contribution < 1.29 is 37.3 Å². The van der Waals surface area contributed by atoms with Crippen LogP contribution in [0.15, 0.2) is 109 Å². The Balaban J connectivity index is 5.54. The predicted molar refractivity (Wildman–Crippen MR) is 307 cm³/mol. The lowest BCUT2D eigenvalue weighted by Gasteiger charge is -2.30. The van der Waals surface area contributed by atoms with Gasteiger partial charge in [0.1, 0.15) is 19.3 Å². The highest BCUT2D eigenvalue weighted by atomic mass is 31.2. The molecule has 0 bridgehead atoms. The monoisotopic (exact) mass is 1020 g/mol. The smallest absolute Gasteiger partial charge is 0.306 e. The fourth-order valence-corrected chi connectivity index (χ4v) is 8.24. The van der Waals surface area contributed by atoms with Crippen molar-refractivity contribution in [1.82, 2.24) is 5.32 Å². The van der Waals surface area contributed by atoms with Crippen LogP contribution < -0.4 is 10.2 Å². The lowest BCUT2D eigenvalue weighted by molar-refractivity contribution is -0.870. The second kappa shape index (κ2) is 51.2. The quantitative estimate of drug-likeness (QED) is 0.0212. The van der Waals surface area contributed by atoms with Gasteiger partial charge in [-0.25, -0.2) is 0 Å². The number of esters is 1. The fourth-order valence-electron chi connectivity index (χ4n) is 7.51. The SMILES string of the molecule is CC/C=C/C/C=C/C/C=C/C/C=C/C/C=C/CCC(=O)NC(COP(=O)([O-])OCC[N+](C)(C)C)C(/C=C/CCCCCCCCCCCCC)OC(=O)CCCCCC/C=C\C/C=C\C/C=C\CCCCC. The first-order valence-electron chi connectivity index (χ1n) is 28.7. The molecule has 3 unspecified atom stereocenters. The number of rotatable bonds is 50. The molecule has 0 aromatic carbocycles. The van der Waals surface area contributed by atoms with Crippen molar-refractivity contribution >= 4 is 19.7 Å². The number of nitrogens with zero attached hydrogens (tertiary/aromatic N) is 1. The molecule has 0 rings (SSSR count). The van der Waals surface area contributed by atoms with Crippen molar-refractivity contribution in [3.05, 3.63) is 109 Å². The Bertz CT molecular complexity index is 1600. The number of likely N-dealkylation sites (N-methyl/N-ethyl adjacent to an activating group) is 1. The van der Waals surface area contributed by atoms with Crippen molar-refractivity contribution in [1.29, 1.82) is 0 Å². The van der Waals surface area contributed by atoms with Crippen LogP contribution in [0.5, 0.6) is 0 Å². The predicted octanol–water partition coefficient (Wildman–Crippen LogP) is 16.7. The minimum absolute atomic E-state index is 0.0448. The summed E-state index contributed by atoms with van der Waals surface area (Å²) >= 11 is 0. The largest absolute Gasteiger partial charge is 0.756 e. The molecular weight excluding hydrogens is 916 g/mol. The van der Waals surface area contributed by atoms with Gasteiger partial charge in [0.15, 0.2) is 0 Å². The molecule has 0 fully saturated rings. The first-order valence-corrected chi connectivity index (χ1v) is 30.2. The van der Waals surface area contributed by atoms with E-state index in [9.17, 15) is 19.0 Å². The molecule has 0 saturated carbocycles. The molecule has 1 N–H and O–H groups in total. The summed E-state index contributed by atoms with van der Waals surface area (Å²) in [5, 5.41) is 2.96. The molecule has 3 atom stereocenters. The standard InChI is InChI=1S/C62H107N2O7P/c1-7-10-13-16-19-22-25-28-30-32-34-37-40-43-46-49-52-55-62(66)71-60(53-50-47-44-41-38-35-27-24-21-18-15-12-9-3)59(58-70-72(67,68)69-57-56-64(4,5)6)63-61(65)54-51-48-45-42-39-36-33-31-29-26-23-20-17-14-11-8-2/h11,14,19-20,22-23,28-31,34,36-37,39,45,48,50,53,59-60H,7-10,12-13,15-18,21,24-27,32-33,35,38,40-44,46-47,49,51-52,54-58H2,1-6H3,(H-,63,65,67,68)/b14-11+,22-19-,23-20+,30-28-,31-29+,37-34-,39-36+,48-45+,53-50+. The van der Waals surface area contributed by atoms with E-state index in [1.807, 2.05) is 39.4 Å². The maximum Gasteiger partial charge on any atom is 0.306 e. The lowest BCUT2D eigenvalue weighted by atomic mass is 10.0. The number of allylic oxidation sites excluding steroid dienone is 17. The van der Waals surface area contributed by atoms with E-state index >= 15 is 0 Å². The molecule has 0 spiro atoms. The van der Waals surface area contributed by atoms with E-state index in [1.165, 1.54) is 83.5 Å². The Morgan fingerprint density at radius 1 is 0.500 bits per heavy atom. The molecule has 0 aliphatic heterocycles. The third-order valence-electron chi connectivity index (χ3n) is 12.0. The zero-order valence-corrected chi connectivity index (χ0v) is 47.7. The number of quaternary nitrogens is 1. The minimum atomic E-state index is -4.73. The Morgan fingerprint density at radius 2 is 0.903 bits per heavy atom. The van der Waals surface area contributed by atoms with Gasteiger partial charge in [-0.3, -0.25) is 14.2 Å². The van der Waals surface area contributed by atoms with Gasteiger partial charge in [-0.15, -0.1) is 0 Å². The number of hydrogen-bond donors (Lipinski definition) is 1. The van der Waals surface area contributed by atoms with Gasteiger partial charge in [0.25, 0.3) is 7.82 Å². The number of unbranched alkanes of at least 4 members (excludes halogenated alkanes) is 18. The molecule has 0 radical (unpaired) electrons. The molecule has 1 amide bonds. The topological polar surface area (TPSA) is 114 Å². The number of nitrogens with one attached hydrogen (secondary N) is 1. The lowest BCUT2D eigenvalue weighted by Crippen LogP contribution is -2.47. The van der Waals surface area contributed by atoms with Crippen molar-refractivity contribution in [2.45, 2.75) is 232 Å². The molecule has 0 heterocycles. The molecule has 0 aromatic heterocycles. The van der Waals surface area contributed by atoms with Gasteiger partial charge < -0.3 is 28.5 Å². The molecule has 0 saturated heterocycles. The van der Waals surface area contributed by atoms with E-state index in [2.05, 4.69) is 111 Å². The van der Waals surface area contributed by atoms with Gasteiger partial charge >= 0.3 is 5.97 Å². The first-order chi connectivity index (χ1) is 34.9. The Kier molecular flexibility index (Phi) is 48.8. The fraction of sp³-hybridized carbons (Fsp3) is 0.677. The van der Waals surface area contributed by atoms with Crippen molar-refractivity contribution in [3.63, 3.8) is 0 Å². The summed E-state index contributed by atoms with van der Waals surface area (Å²) in [7, 11) is 1.11. The van der Waals surface area contributed by atoms with Crippen LogP contribution in [-0.2, 0) is 27.9 Å². The summed E-state index contributed by atoms with van der Waals surface area (Å²) in [6.45, 7) is 6.60. The number of carbonyl (C=O) groups excluding carboxylic acids is 2. The van der Waals surface area contributed by atoms with Crippen molar-refractivity contribution in [3.8, 4) is 0 Å². The number of phosphoric ester groups is 1. The van der Waals surface area contributed by atoms with Crippen LogP contribution in [0.1, 0.15) is 220 Å². The zero-order valence-electron chi connectivity index (χ0n) is 46.8. The van der Waals surface area contributed by atoms with Crippen LogP contribution in [0.3, 0.4) is 0 Å². The van der Waals surface area contributed by atoms with Crippen LogP contribution in [0, 0.1) is 0 Å². The summed E-state index contributed by atoms with van der Waals surface area (Å²) in [5.41, 5.74) is 0. The van der Waals surface area contributed by atoms with Crippen LogP contribution in [0.4, 0.5) is 0 Å². The summed E-state index contributed by atoms with van der Waals surface area (Å²) in [4.78, 5) is 39.8. The average Bonchev–Trinajstić information content (AvgIpc) is 3.34. The zero-order chi connectivity index (χ0) is 52.9. The van der Waals surface area contributed by atoms with Crippen molar-refractivity contribution in [2.75, 3.05) is 40.9 Å². The molecule has 412 valence electrons. The summed E-state index contributed by atoms with van der Waals surface area (Å²) < 4.78 is 30.2. The third-order valence-corrected chi connectivity index (χ3v) is 12.9. The van der Waals surface area contributed by atoms with Crippen LogP contribution in [0.2, 0.25) is 0 Å². The van der Waals surface area contributed by atoms with Gasteiger partial charge in [0.2, 0.25) is 5.91 Å². The van der Waals surface area contributed by atoms with Crippen LogP contribution in [0.25, 0.3) is 0 Å². The Morgan fingerprint density at radius 3 is 1.39 bits per heavy atom. The number of phosphoric acid groups is 1. The van der Waals surface area contributed by atoms with Gasteiger partial charge in [-0.05, 0) is 102 Å². The average molecular weight is 1020 g/mol. The molecule has 10 heteroatoms. The third kappa shape index (κ3) is 51.6. The van der Waals surface area contributed by atoms with E-state index in [0.717, 1.165) is 89.9 Å². The Labute approximate surface area is 442 Å². The molecule has 72 heavy (non-hydrogen) atoms. The maximum absolute atomic E-state index is 13.4. The van der Waals surface area contributed by atoms with Gasteiger partial charge in [-0.1, -0.05) is 214 Å². The normalized spacial score (nSPS) is 14.6. The highest BCUT2D eigenvalue weighted by Gasteiger charge is 2.27. The molecule has 0 aliphatic carbocycles. The highest BCUT2D eigenvalue weighted by Crippen LogP contribution is 2.38. The van der Waals surface area contributed by atoms with Crippen LogP contribution in [-0.4, -0.2) is 69.4 Å². The molecule has 9 nitrogen and oxygen atoms in total. The van der Waals surface area contributed by atoms with E-state index in [-0.39, 0.29) is 31.3 Å². The van der Waals surface area contributed by atoms with Gasteiger partial charge in [0, 0.05) is 12.8 Å². The summed E-state index contributed by atoms with van der Waals surface area (Å²) in [5.74, 6) is -0.671. The second-order valence-corrected chi connectivity index (χ2v) is 21.5.